The fraction of sp³-hybridized carbons (Fsp3) is 0.179. The van der Waals surface area contributed by atoms with Gasteiger partial charge < -0.3 is 4.90 Å². The lowest BCUT2D eigenvalue weighted by molar-refractivity contribution is -0.384. The van der Waals surface area contributed by atoms with Crippen molar-refractivity contribution in [1.29, 1.82) is 0 Å². The molecule has 6 rings (SSSR count). The molecule has 3 aliphatic heterocycles. The van der Waals surface area contributed by atoms with Crippen LogP contribution in [0.3, 0.4) is 0 Å². The Balaban J connectivity index is 1.50. The molecule has 0 saturated carbocycles. The van der Waals surface area contributed by atoms with Crippen LogP contribution in [-0.2, 0) is 9.59 Å². The lowest BCUT2D eigenvalue weighted by atomic mass is 9.86. The number of ketones is 1. The highest BCUT2D eigenvalue weighted by atomic mass is 16.6. The van der Waals surface area contributed by atoms with Gasteiger partial charge in [0.2, 0.25) is 11.8 Å². The van der Waals surface area contributed by atoms with Gasteiger partial charge in [-0.05, 0) is 24.1 Å². The average Bonchev–Trinajstić information content (AvgIpc) is 3.37. The first kappa shape index (κ1) is 21.9. The smallest absolute Gasteiger partial charge is 0.271 e. The third-order valence-corrected chi connectivity index (χ3v) is 7.39. The molecule has 0 N–H and O–H groups in total. The number of fused-ring (bicyclic) bond motifs is 5. The molecule has 8 nitrogen and oxygen atoms in total. The topological polar surface area (TPSA) is 101 Å². The molecule has 2 amide bonds. The van der Waals surface area contributed by atoms with Crippen LogP contribution in [0.1, 0.15) is 21.5 Å². The first-order valence-corrected chi connectivity index (χ1v) is 11.7. The number of amides is 2. The summed E-state index contributed by atoms with van der Waals surface area (Å²) in [7, 11) is 0. The van der Waals surface area contributed by atoms with Crippen molar-refractivity contribution < 1.29 is 19.3 Å². The SMILES string of the molecule is Cc1ccc([N+](=O)[O-])cc1N1C(=O)[C@@H]2[C@H](C1=O)[C@@H](C(=O)c1ccccc1)N1c3ccccc3C=C[C@@H]21. The van der Waals surface area contributed by atoms with Gasteiger partial charge in [-0.2, -0.15) is 0 Å². The van der Waals surface area contributed by atoms with Gasteiger partial charge in [0.05, 0.1) is 28.5 Å². The third-order valence-electron chi connectivity index (χ3n) is 7.39. The van der Waals surface area contributed by atoms with E-state index in [4.69, 9.17) is 0 Å². The van der Waals surface area contributed by atoms with E-state index in [-0.39, 0.29) is 17.2 Å². The number of nitro benzene ring substituents is 1. The molecular weight excluding hydrogens is 458 g/mol. The number of nitrogens with zero attached hydrogens (tertiary/aromatic N) is 3. The maximum Gasteiger partial charge on any atom is 0.271 e. The Morgan fingerprint density at radius 3 is 2.33 bits per heavy atom. The van der Waals surface area contributed by atoms with Crippen molar-refractivity contribution in [3.05, 3.63) is 106 Å². The van der Waals surface area contributed by atoms with Gasteiger partial charge in [-0.1, -0.05) is 66.7 Å². The number of carbonyl (C=O) groups is 3. The Morgan fingerprint density at radius 2 is 1.58 bits per heavy atom. The average molecular weight is 479 g/mol. The van der Waals surface area contributed by atoms with E-state index in [1.165, 1.54) is 18.2 Å². The number of hydrogen-bond acceptors (Lipinski definition) is 6. The van der Waals surface area contributed by atoms with Crippen LogP contribution in [-0.4, -0.2) is 34.6 Å². The van der Waals surface area contributed by atoms with E-state index in [2.05, 4.69) is 0 Å². The molecule has 36 heavy (non-hydrogen) atoms. The Labute approximate surface area is 206 Å². The van der Waals surface area contributed by atoms with Gasteiger partial charge in [-0.15, -0.1) is 0 Å². The Hall–Kier alpha value is -4.59. The second-order valence-corrected chi connectivity index (χ2v) is 9.28. The molecule has 3 heterocycles. The molecule has 0 unspecified atom stereocenters. The van der Waals surface area contributed by atoms with Gasteiger partial charge in [-0.25, -0.2) is 4.90 Å². The number of imide groups is 1. The predicted octanol–water partition coefficient (Wildman–Crippen LogP) is 4.18. The highest BCUT2D eigenvalue weighted by Crippen LogP contribution is 2.50. The minimum absolute atomic E-state index is 0.186. The number of aryl methyl sites for hydroxylation is 1. The maximum atomic E-state index is 14.0. The van der Waals surface area contributed by atoms with Crippen molar-refractivity contribution in [3.63, 3.8) is 0 Å². The number of Topliss-reactive ketones (excluding diaryl/α,β-unsaturated/α-hetero) is 1. The summed E-state index contributed by atoms with van der Waals surface area (Å²) in [5.74, 6) is -2.92. The minimum atomic E-state index is -0.926. The number of nitro groups is 1. The highest BCUT2D eigenvalue weighted by molar-refractivity contribution is 6.26. The normalized spacial score (nSPS) is 23.9. The molecule has 0 aromatic heterocycles. The van der Waals surface area contributed by atoms with Crippen LogP contribution in [0, 0.1) is 28.9 Å². The molecule has 8 heteroatoms. The molecule has 2 fully saturated rings. The number of rotatable bonds is 4. The van der Waals surface area contributed by atoms with Gasteiger partial charge >= 0.3 is 0 Å². The summed E-state index contributed by atoms with van der Waals surface area (Å²) in [5.41, 5.74) is 2.71. The summed E-state index contributed by atoms with van der Waals surface area (Å²) in [6.07, 6.45) is 3.80. The zero-order valence-corrected chi connectivity index (χ0v) is 19.3. The number of hydrogen-bond donors (Lipinski definition) is 0. The van der Waals surface area contributed by atoms with E-state index in [9.17, 15) is 24.5 Å². The number of non-ortho nitro benzene ring substituents is 1. The largest absolute Gasteiger partial charge is 0.352 e. The lowest BCUT2D eigenvalue weighted by Gasteiger charge is -2.36. The van der Waals surface area contributed by atoms with Crippen LogP contribution in [0.2, 0.25) is 0 Å². The second kappa shape index (κ2) is 7.98. The van der Waals surface area contributed by atoms with E-state index in [0.717, 1.165) is 16.2 Å². The van der Waals surface area contributed by atoms with Gasteiger partial charge in [0.1, 0.15) is 6.04 Å². The molecular formula is C28H21N3O5. The summed E-state index contributed by atoms with van der Waals surface area (Å²) in [4.78, 5) is 55.6. The predicted molar refractivity (Wildman–Crippen MR) is 134 cm³/mol. The summed E-state index contributed by atoms with van der Waals surface area (Å²) in [5, 5.41) is 11.4. The molecule has 2 saturated heterocycles. The van der Waals surface area contributed by atoms with Gasteiger partial charge in [0, 0.05) is 23.4 Å². The van der Waals surface area contributed by atoms with E-state index < -0.39 is 40.7 Å². The van der Waals surface area contributed by atoms with Crippen molar-refractivity contribution in [2.75, 3.05) is 9.80 Å². The van der Waals surface area contributed by atoms with E-state index >= 15 is 0 Å². The second-order valence-electron chi connectivity index (χ2n) is 9.28. The van der Waals surface area contributed by atoms with Crippen LogP contribution >= 0.6 is 0 Å². The van der Waals surface area contributed by atoms with Gasteiger partial charge in [0.15, 0.2) is 5.78 Å². The van der Waals surface area contributed by atoms with Crippen molar-refractivity contribution in [2.45, 2.75) is 19.0 Å². The third kappa shape index (κ3) is 3.04. The summed E-state index contributed by atoms with van der Waals surface area (Å²) in [6.45, 7) is 1.70. The van der Waals surface area contributed by atoms with E-state index in [1.54, 1.807) is 31.2 Å². The summed E-state index contributed by atoms with van der Waals surface area (Å²) < 4.78 is 0. The van der Waals surface area contributed by atoms with Crippen LogP contribution in [0.5, 0.6) is 0 Å². The fourth-order valence-electron chi connectivity index (χ4n) is 5.78. The van der Waals surface area contributed by atoms with Gasteiger partial charge in [-0.3, -0.25) is 24.5 Å². The summed E-state index contributed by atoms with van der Waals surface area (Å²) in [6, 6.07) is 19.1. The molecule has 0 aliphatic carbocycles. The molecule has 178 valence electrons. The molecule has 0 spiro atoms. The van der Waals surface area contributed by atoms with Gasteiger partial charge in [0.25, 0.3) is 5.69 Å². The van der Waals surface area contributed by atoms with E-state index in [1.807, 2.05) is 47.4 Å². The fourth-order valence-corrected chi connectivity index (χ4v) is 5.78. The standard InChI is InChI=1S/C28H21N3O5/c1-16-11-13-19(31(35)36)15-22(16)30-27(33)23-21-14-12-17-7-5-6-10-20(17)29(21)25(24(23)28(30)34)26(32)18-8-3-2-4-9-18/h2-15,21,23-25H,1H3/t21-,23-,24-,25-/m0/s1. The molecule has 3 aromatic rings. The van der Waals surface area contributed by atoms with Crippen LogP contribution in [0.4, 0.5) is 17.1 Å². The number of anilines is 2. The van der Waals surface area contributed by atoms with Crippen LogP contribution in [0.15, 0.2) is 78.9 Å². The summed E-state index contributed by atoms with van der Waals surface area (Å²) >= 11 is 0. The van der Waals surface area contributed by atoms with Crippen molar-refractivity contribution in [3.8, 4) is 0 Å². The first-order chi connectivity index (χ1) is 17.4. The van der Waals surface area contributed by atoms with Crippen molar-refractivity contribution >= 4 is 40.7 Å². The molecule has 3 aliphatic rings. The maximum absolute atomic E-state index is 14.0. The molecule has 4 atom stereocenters. The number of carbonyl (C=O) groups excluding carboxylic acids is 3. The van der Waals surface area contributed by atoms with Crippen molar-refractivity contribution in [1.82, 2.24) is 0 Å². The quantitative estimate of drug-likeness (QED) is 0.241. The monoisotopic (exact) mass is 479 g/mol. The zero-order chi connectivity index (χ0) is 25.1. The number of para-hydroxylation sites is 1. The zero-order valence-electron chi connectivity index (χ0n) is 19.3. The number of benzene rings is 3. The molecule has 3 aromatic carbocycles. The Bertz CT molecular complexity index is 1480. The van der Waals surface area contributed by atoms with Crippen LogP contribution < -0.4 is 9.80 Å². The first-order valence-electron chi connectivity index (χ1n) is 11.7. The lowest BCUT2D eigenvalue weighted by Crippen LogP contribution is -2.49. The highest BCUT2D eigenvalue weighted by Gasteiger charge is 2.64. The van der Waals surface area contributed by atoms with Crippen LogP contribution in [0.25, 0.3) is 6.08 Å². The Kier molecular flexibility index (Phi) is 4.86. The molecule has 0 bridgehead atoms. The van der Waals surface area contributed by atoms with Crippen molar-refractivity contribution in [2.24, 2.45) is 11.8 Å². The Morgan fingerprint density at radius 1 is 0.889 bits per heavy atom. The molecule has 0 radical (unpaired) electrons. The van der Waals surface area contributed by atoms with E-state index in [0.29, 0.717) is 11.1 Å². The minimum Gasteiger partial charge on any atom is -0.352 e.